The molecular formula is C26H32N12O12S4. The van der Waals surface area contributed by atoms with Gasteiger partial charge in [0.15, 0.2) is 0 Å². The van der Waals surface area contributed by atoms with Crippen LogP contribution in [0.1, 0.15) is 11.1 Å². The fourth-order valence-electron chi connectivity index (χ4n) is 4.21. The van der Waals surface area contributed by atoms with Gasteiger partial charge in [0.25, 0.3) is 40.5 Å². The normalized spacial score (nSPS) is 12.3. The number of aromatic nitrogens is 6. The highest BCUT2D eigenvalue weighted by Crippen LogP contribution is 2.28. The molecule has 0 atom stereocenters. The Morgan fingerprint density at radius 1 is 0.519 bits per heavy atom. The van der Waals surface area contributed by atoms with E-state index in [1.165, 1.54) is 50.5 Å². The quantitative estimate of drug-likeness (QED) is 0.0491. The van der Waals surface area contributed by atoms with Crippen molar-refractivity contribution in [3.05, 3.63) is 47.5 Å². The zero-order valence-corrected chi connectivity index (χ0v) is 31.1. The topological polar surface area (TPSA) is 367 Å². The third-order valence-corrected chi connectivity index (χ3v) is 9.80. The molecule has 0 radical (unpaired) electrons. The standard InChI is InChI=1S/C26H32N12O12S4/c1-27-21-33-23(29-9-11-51(39,40)41)37-25(35-21)31-17-7-5-15(19(13-17)53(45,46)47)3-4-16-6-8-18(14-20(16)54(48,49)50)32-26-36-22(28-2)34-24(38-26)30-10-12-52(42,43)44/h3-8,13-14H,9-12H2,1-2H3,(H,39,40,41)(H,42,43,44)(H,45,46,47)(H,48,49,50)(H3,27,29,31,33,35,37)(H3,28,30,32,34,36,38). The van der Waals surface area contributed by atoms with Crippen molar-refractivity contribution in [1.29, 1.82) is 0 Å². The molecule has 292 valence electrons. The smallest absolute Gasteiger partial charge is 0.295 e. The van der Waals surface area contributed by atoms with E-state index in [0.717, 1.165) is 12.1 Å². The van der Waals surface area contributed by atoms with Crippen molar-refractivity contribution in [2.24, 2.45) is 0 Å². The number of benzene rings is 2. The first-order chi connectivity index (χ1) is 25.1. The van der Waals surface area contributed by atoms with Crippen LogP contribution >= 0.6 is 0 Å². The molecule has 2 heterocycles. The summed E-state index contributed by atoms with van der Waals surface area (Å²) in [4.78, 5) is 23.1. The number of hydrogen-bond acceptors (Lipinski definition) is 20. The van der Waals surface area contributed by atoms with E-state index < -0.39 is 61.8 Å². The van der Waals surface area contributed by atoms with Crippen molar-refractivity contribution in [2.45, 2.75) is 9.79 Å². The molecule has 24 nitrogen and oxygen atoms in total. The maximum atomic E-state index is 12.4. The average molecular weight is 833 g/mol. The third kappa shape index (κ3) is 12.6. The van der Waals surface area contributed by atoms with Crippen molar-refractivity contribution < 1.29 is 51.9 Å². The van der Waals surface area contributed by atoms with Gasteiger partial charge in [0, 0.05) is 38.6 Å². The molecule has 0 aliphatic heterocycles. The van der Waals surface area contributed by atoms with E-state index in [9.17, 15) is 42.8 Å². The zero-order valence-electron chi connectivity index (χ0n) is 27.8. The fourth-order valence-corrected chi connectivity index (χ4v) is 6.35. The van der Waals surface area contributed by atoms with Gasteiger partial charge in [0.05, 0.1) is 11.5 Å². The first-order valence-corrected chi connectivity index (χ1v) is 20.9. The first kappa shape index (κ1) is 41.4. The Hall–Kier alpha value is -5.36. The lowest BCUT2D eigenvalue weighted by molar-refractivity contribution is 0.480. The van der Waals surface area contributed by atoms with Crippen molar-refractivity contribution in [1.82, 2.24) is 29.9 Å². The minimum absolute atomic E-state index is 0.0267. The highest BCUT2D eigenvalue weighted by atomic mass is 32.2. The Kier molecular flexibility index (Phi) is 12.8. The summed E-state index contributed by atoms with van der Waals surface area (Å²) in [7, 11) is -15.4. The molecule has 0 bridgehead atoms. The van der Waals surface area contributed by atoms with Crippen molar-refractivity contribution in [3.63, 3.8) is 0 Å². The maximum Gasteiger partial charge on any atom is 0.295 e. The second kappa shape index (κ2) is 16.8. The van der Waals surface area contributed by atoms with E-state index in [1.807, 2.05) is 0 Å². The highest BCUT2D eigenvalue weighted by molar-refractivity contribution is 7.86. The summed E-state index contributed by atoms with van der Waals surface area (Å²) in [6, 6.07) is 7.33. The summed E-state index contributed by atoms with van der Waals surface area (Å²) in [6.45, 7) is -0.506. The molecule has 2 aromatic heterocycles. The fraction of sp³-hybridized carbons (Fsp3) is 0.231. The van der Waals surface area contributed by atoms with Crippen LogP contribution in [0.15, 0.2) is 46.2 Å². The molecule has 2 aromatic carbocycles. The molecule has 0 fully saturated rings. The number of hydrogen-bond donors (Lipinski definition) is 10. The first-order valence-electron chi connectivity index (χ1n) is 14.8. The van der Waals surface area contributed by atoms with Crippen LogP contribution in [0.5, 0.6) is 0 Å². The Labute approximate surface area is 308 Å². The van der Waals surface area contributed by atoms with E-state index in [4.69, 9.17) is 9.11 Å². The SMILES string of the molecule is CNc1nc(NCCS(=O)(=O)O)nc(Nc2ccc(C=Cc3ccc(Nc4nc(NC)nc(NCCS(=O)(=O)O)n4)cc3S(=O)(=O)O)c(S(=O)(=O)O)c2)n1. The highest BCUT2D eigenvalue weighted by Gasteiger charge is 2.19. The third-order valence-electron chi connectivity index (χ3n) is 6.54. The van der Waals surface area contributed by atoms with E-state index in [0.29, 0.717) is 0 Å². The lowest BCUT2D eigenvalue weighted by atomic mass is 10.1. The monoisotopic (exact) mass is 832 g/mol. The average Bonchev–Trinajstić information content (AvgIpc) is 3.05. The summed E-state index contributed by atoms with van der Waals surface area (Å²) in [6.07, 6.45) is 2.33. The molecule has 0 amide bonds. The van der Waals surface area contributed by atoms with E-state index in [-0.39, 0.29) is 71.3 Å². The molecule has 0 unspecified atom stereocenters. The molecule has 0 aliphatic carbocycles. The van der Waals surface area contributed by atoms with Gasteiger partial charge in [-0.15, -0.1) is 0 Å². The predicted molar refractivity (Wildman–Crippen MR) is 197 cm³/mol. The molecular weight excluding hydrogens is 801 g/mol. The Morgan fingerprint density at radius 2 is 0.852 bits per heavy atom. The molecule has 10 N–H and O–H groups in total. The van der Waals surface area contributed by atoms with Crippen molar-refractivity contribution in [2.75, 3.05) is 70.6 Å². The number of rotatable bonds is 18. The van der Waals surface area contributed by atoms with Gasteiger partial charge in [-0.3, -0.25) is 18.2 Å². The van der Waals surface area contributed by atoms with Gasteiger partial charge in [-0.2, -0.15) is 63.6 Å². The molecule has 0 spiro atoms. The molecule has 54 heavy (non-hydrogen) atoms. The van der Waals surface area contributed by atoms with Crippen LogP contribution in [-0.2, 0) is 40.5 Å². The Bertz CT molecular complexity index is 2330. The van der Waals surface area contributed by atoms with Crippen LogP contribution in [0, 0.1) is 0 Å². The van der Waals surface area contributed by atoms with Crippen molar-refractivity contribution in [3.8, 4) is 0 Å². The molecule has 0 aliphatic rings. The maximum absolute atomic E-state index is 12.4. The van der Waals surface area contributed by atoms with E-state index >= 15 is 0 Å². The van der Waals surface area contributed by atoms with Gasteiger partial charge in [-0.1, -0.05) is 24.3 Å². The number of nitrogens with zero attached hydrogens (tertiary/aromatic N) is 6. The largest absolute Gasteiger partial charge is 0.357 e. The summed E-state index contributed by atoms with van der Waals surface area (Å²) in [5.41, 5.74) is -0.0982. The lowest BCUT2D eigenvalue weighted by Crippen LogP contribution is -2.17. The van der Waals surface area contributed by atoms with Gasteiger partial charge in [-0.05, 0) is 35.4 Å². The van der Waals surface area contributed by atoms with Crippen LogP contribution in [0.2, 0.25) is 0 Å². The van der Waals surface area contributed by atoms with Crippen molar-refractivity contribution >= 4 is 99.7 Å². The van der Waals surface area contributed by atoms with Gasteiger partial charge in [-0.25, -0.2) is 0 Å². The van der Waals surface area contributed by atoms with Crippen LogP contribution < -0.4 is 31.9 Å². The Balaban J connectivity index is 1.61. The van der Waals surface area contributed by atoms with Crippen LogP contribution in [0.3, 0.4) is 0 Å². The lowest BCUT2D eigenvalue weighted by Gasteiger charge is -2.12. The van der Waals surface area contributed by atoms with Gasteiger partial charge < -0.3 is 31.9 Å². The molecule has 0 saturated heterocycles. The zero-order chi connectivity index (χ0) is 39.9. The summed E-state index contributed by atoms with van der Waals surface area (Å²) in [5, 5.41) is 16.0. The minimum atomic E-state index is -4.90. The van der Waals surface area contributed by atoms with Crippen LogP contribution in [0.4, 0.5) is 47.1 Å². The molecule has 28 heteroatoms. The molecule has 4 aromatic rings. The number of anilines is 8. The van der Waals surface area contributed by atoms with Gasteiger partial charge >= 0.3 is 0 Å². The minimum Gasteiger partial charge on any atom is -0.357 e. The summed E-state index contributed by atoms with van der Waals surface area (Å²) in [5.74, 6) is -1.70. The van der Waals surface area contributed by atoms with E-state index in [1.54, 1.807) is 0 Å². The summed E-state index contributed by atoms with van der Waals surface area (Å²) >= 11 is 0. The Morgan fingerprint density at radius 3 is 1.17 bits per heavy atom. The molecule has 0 saturated carbocycles. The van der Waals surface area contributed by atoms with Crippen LogP contribution in [-0.4, -0.2) is 120 Å². The number of nitrogens with one attached hydrogen (secondary N) is 6. The predicted octanol–water partition coefficient (Wildman–Crippen LogP) is 0.890. The van der Waals surface area contributed by atoms with E-state index in [2.05, 4.69) is 61.8 Å². The molecule has 4 rings (SSSR count). The second-order valence-electron chi connectivity index (χ2n) is 10.6. The summed E-state index contributed by atoms with van der Waals surface area (Å²) < 4.78 is 132. The van der Waals surface area contributed by atoms with Gasteiger partial charge in [0.2, 0.25) is 35.7 Å². The van der Waals surface area contributed by atoms with Crippen LogP contribution in [0.25, 0.3) is 12.2 Å². The van der Waals surface area contributed by atoms with Gasteiger partial charge in [0.1, 0.15) is 9.79 Å². The second-order valence-corrected chi connectivity index (χ2v) is 16.5.